The number of anilines is 1. The van der Waals surface area contributed by atoms with Gasteiger partial charge in [0.05, 0.1) is 10.7 Å². The Morgan fingerprint density at radius 1 is 1.08 bits per heavy atom. The standard InChI is InChI=1S/C17H12Cl3N3O/c1-9-12(19)3-2-4-14(9)21-17(24)16-8-15(22-23-16)11-6-5-10(18)7-13(11)20/h2-8H,1H3,(H,21,24)(H,22,23). The van der Waals surface area contributed by atoms with Gasteiger partial charge in [0, 0.05) is 21.3 Å². The molecule has 0 aliphatic rings. The molecule has 7 heteroatoms. The maximum Gasteiger partial charge on any atom is 0.273 e. The summed E-state index contributed by atoms with van der Waals surface area (Å²) in [5, 5.41) is 11.3. The van der Waals surface area contributed by atoms with E-state index in [2.05, 4.69) is 15.5 Å². The van der Waals surface area contributed by atoms with Gasteiger partial charge in [-0.1, -0.05) is 40.9 Å². The largest absolute Gasteiger partial charge is 0.320 e. The van der Waals surface area contributed by atoms with Crippen molar-refractivity contribution in [1.82, 2.24) is 10.2 Å². The summed E-state index contributed by atoms with van der Waals surface area (Å²) < 4.78 is 0. The fourth-order valence-electron chi connectivity index (χ4n) is 2.21. The molecule has 2 N–H and O–H groups in total. The normalized spacial score (nSPS) is 10.7. The van der Waals surface area contributed by atoms with E-state index in [0.717, 1.165) is 5.56 Å². The number of H-pyrrole nitrogens is 1. The summed E-state index contributed by atoms with van der Waals surface area (Å²) in [6.45, 7) is 1.84. The van der Waals surface area contributed by atoms with Crippen LogP contribution in [0.2, 0.25) is 15.1 Å². The van der Waals surface area contributed by atoms with Gasteiger partial charge >= 0.3 is 0 Å². The molecule has 0 bridgehead atoms. The number of aromatic nitrogens is 2. The molecule has 0 saturated heterocycles. The fraction of sp³-hybridized carbons (Fsp3) is 0.0588. The van der Waals surface area contributed by atoms with Crippen molar-refractivity contribution in [3.05, 3.63) is 68.8 Å². The zero-order valence-corrected chi connectivity index (χ0v) is 14.8. The summed E-state index contributed by atoms with van der Waals surface area (Å²) in [5.41, 5.74) is 3.01. The highest BCUT2D eigenvalue weighted by atomic mass is 35.5. The van der Waals surface area contributed by atoms with E-state index in [1.165, 1.54) is 0 Å². The lowest BCUT2D eigenvalue weighted by Crippen LogP contribution is -2.13. The summed E-state index contributed by atoms with van der Waals surface area (Å²) in [4.78, 5) is 12.4. The van der Waals surface area contributed by atoms with Gasteiger partial charge in [0.1, 0.15) is 5.69 Å². The van der Waals surface area contributed by atoms with Crippen LogP contribution in [-0.4, -0.2) is 16.1 Å². The van der Waals surface area contributed by atoms with Crippen molar-refractivity contribution in [2.75, 3.05) is 5.32 Å². The van der Waals surface area contributed by atoms with Gasteiger partial charge in [-0.3, -0.25) is 9.89 Å². The number of hydrogen-bond donors (Lipinski definition) is 2. The van der Waals surface area contributed by atoms with Crippen LogP contribution in [0.5, 0.6) is 0 Å². The molecule has 0 aliphatic carbocycles. The minimum absolute atomic E-state index is 0.315. The van der Waals surface area contributed by atoms with Crippen LogP contribution in [0.4, 0.5) is 5.69 Å². The van der Waals surface area contributed by atoms with Crippen LogP contribution in [0.1, 0.15) is 16.1 Å². The number of aromatic amines is 1. The first-order valence-corrected chi connectivity index (χ1v) is 8.16. The van der Waals surface area contributed by atoms with E-state index in [1.807, 2.05) is 6.92 Å². The average Bonchev–Trinajstić information content (AvgIpc) is 3.01. The third-order valence-corrected chi connectivity index (χ3v) is 4.50. The Kier molecular flexibility index (Phi) is 4.81. The first-order chi connectivity index (χ1) is 11.5. The zero-order chi connectivity index (χ0) is 17.3. The van der Waals surface area contributed by atoms with Gasteiger partial charge < -0.3 is 5.32 Å². The highest BCUT2D eigenvalue weighted by molar-refractivity contribution is 6.36. The van der Waals surface area contributed by atoms with Gasteiger partial charge in [-0.25, -0.2) is 0 Å². The average molecular weight is 381 g/mol. The topological polar surface area (TPSA) is 57.8 Å². The van der Waals surface area contributed by atoms with Gasteiger partial charge in [0.15, 0.2) is 0 Å². The van der Waals surface area contributed by atoms with Gasteiger partial charge in [0.2, 0.25) is 0 Å². The molecular formula is C17H12Cl3N3O. The second-order valence-corrected chi connectivity index (χ2v) is 6.41. The van der Waals surface area contributed by atoms with E-state index in [9.17, 15) is 4.79 Å². The molecule has 1 amide bonds. The van der Waals surface area contributed by atoms with Gasteiger partial charge in [0.25, 0.3) is 5.91 Å². The number of hydrogen-bond acceptors (Lipinski definition) is 2. The minimum atomic E-state index is -0.316. The number of nitrogens with one attached hydrogen (secondary N) is 2. The highest BCUT2D eigenvalue weighted by Gasteiger charge is 2.14. The minimum Gasteiger partial charge on any atom is -0.320 e. The molecular weight excluding hydrogens is 369 g/mol. The first kappa shape index (κ1) is 16.8. The Hall–Kier alpha value is -2.01. The van der Waals surface area contributed by atoms with Crippen LogP contribution < -0.4 is 5.32 Å². The van der Waals surface area contributed by atoms with Crippen LogP contribution in [0, 0.1) is 6.92 Å². The van der Waals surface area contributed by atoms with Crippen molar-refractivity contribution in [1.29, 1.82) is 0 Å². The van der Waals surface area contributed by atoms with Gasteiger partial charge in [-0.05, 0) is 48.9 Å². The van der Waals surface area contributed by atoms with Crippen molar-refractivity contribution in [3.63, 3.8) is 0 Å². The lowest BCUT2D eigenvalue weighted by molar-refractivity contribution is 0.102. The number of carbonyl (C=O) groups excluding carboxylic acids is 1. The van der Waals surface area contributed by atoms with Crippen LogP contribution in [0.3, 0.4) is 0 Å². The Balaban J connectivity index is 1.85. The van der Waals surface area contributed by atoms with Crippen LogP contribution in [0.25, 0.3) is 11.3 Å². The zero-order valence-electron chi connectivity index (χ0n) is 12.5. The Morgan fingerprint density at radius 3 is 2.62 bits per heavy atom. The van der Waals surface area contributed by atoms with Crippen molar-refractivity contribution < 1.29 is 4.79 Å². The molecule has 0 atom stereocenters. The predicted molar refractivity (Wildman–Crippen MR) is 98.2 cm³/mol. The van der Waals surface area contributed by atoms with E-state index in [0.29, 0.717) is 37.7 Å². The van der Waals surface area contributed by atoms with E-state index in [1.54, 1.807) is 42.5 Å². The predicted octanol–water partition coefficient (Wildman–Crippen LogP) is 5.60. The SMILES string of the molecule is Cc1c(Cl)cccc1NC(=O)c1cc(-c2ccc(Cl)cc2Cl)n[nH]1. The molecule has 3 aromatic rings. The van der Waals surface area contributed by atoms with E-state index in [4.69, 9.17) is 34.8 Å². The van der Waals surface area contributed by atoms with Crippen molar-refractivity contribution >= 4 is 46.4 Å². The molecule has 2 aromatic carbocycles. The Morgan fingerprint density at radius 2 is 1.88 bits per heavy atom. The molecule has 0 saturated carbocycles. The highest BCUT2D eigenvalue weighted by Crippen LogP contribution is 2.29. The molecule has 24 heavy (non-hydrogen) atoms. The summed E-state index contributed by atoms with van der Waals surface area (Å²) in [6.07, 6.45) is 0. The van der Waals surface area contributed by atoms with Gasteiger partial charge in [-0.15, -0.1) is 0 Å². The molecule has 0 radical (unpaired) electrons. The summed E-state index contributed by atoms with van der Waals surface area (Å²) in [6, 6.07) is 12.1. The fourth-order valence-corrected chi connectivity index (χ4v) is 2.89. The molecule has 0 unspecified atom stereocenters. The second-order valence-electron chi connectivity index (χ2n) is 5.16. The van der Waals surface area contributed by atoms with Gasteiger partial charge in [-0.2, -0.15) is 5.10 Å². The molecule has 0 aliphatic heterocycles. The molecule has 122 valence electrons. The maximum atomic E-state index is 12.4. The molecule has 0 spiro atoms. The third kappa shape index (κ3) is 3.41. The smallest absolute Gasteiger partial charge is 0.273 e. The molecule has 3 rings (SSSR count). The number of rotatable bonds is 3. The van der Waals surface area contributed by atoms with Crippen LogP contribution in [-0.2, 0) is 0 Å². The van der Waals surface area contributed by atoms with Crippen LogP contribution >= 0.6 is 34.8 Å². The Labute approximate surface area is 153 Å². The summed E-state index contributed by atoms with van der Waals surface area (Å²) >= 11 is 18.1. The maximum absolute atomic E-state index is 12.4. The Bertz CT molecular complexity index is 921. The summed E-state index contributed by atoms with van der Waals surface area (Å²) in [5.74, 6) is -0.316. The quantitative estimate of drug-likeness (QED) is 0.621. The molecule has 1 aromatic heterocycles. The number of carbonyl (C=O) groups is 1. The monoisotopic (exact) mass is 379 g/mol. The number of amides is 1. The number of benzene rings is 2. The molecule has 4 nitrogen and oxygen atoms in total. The van der Waals surface area contributed by atoms with Crippen LogP contribution in [0.15, 0.2) is 42.5 Å². The van der Waals surface area contributed by atoms with E-state index >= 15 is 0 Å². The van der Waals surface area contributed by atoms with Crippen molar-refractivity contribution in [3.8, 4) is 11.3 Å². The lowest BCUT2D eigenvalue weighted by Gasteiger charge is -2.08. The second kappa shape index (κ2) is 6.85. The van der Waals surface area contributed by atoms with Crippen molar-refractivity contribution in [2.45, 2.75) is 6.92 Å². The molecule has 0 fully saturated rings. The lowest BCUT2D eigenvalue weighted by atomic mass is 10.1. The van der Waals surface area contributed by atoms with Crippen molar-refractivity contribution in [2.24, 2.45) is 0 Å². The third-order valence-electron chi connectivity index (χ3n) is 3.55. The summed E-state index contributed by atoms with van der Waals surface area (Å²) in [7, 11) is 0. The first-order valence-electron chi connectivity index (χ1n) is 7.03. The van der Waals surface area contributed by atoms with E-state index < -0.39 is 0 Å². The van der Waals surface area contributed by atoms with E-state index in [-0.39, 0.29) is 5.91 Å². The molecule has 1 heterocycles. The number of nitrogens with zero attached hydrogens (tertiary/aromatic N) is 1. The number of halogens is 3.